The lowest BCUT2D eigenvalue weighted by Crippen LogP contribution is -2.49. The number of hydrogen-bond donors (Lipinski definition) is 3. The van der Waals surface area contributed by atoms with E-state index in [0.717, 1.165) is 24.8 Å². The van der Waals surface area contributed by atoms with Crippen LogP contribution in [0.4, 0.5) is 0 Å². The van der Waals surface area contributed by atoms with Crippen LogP contribution in [0.2, 0.25) is 0 Å². The van der Waals surface area contributed by atoms with Gasteiger partial charge >= 0.3 is 0 Å². The van der Waals surface area contributed by atoms with Crippen LogP contribution in [0.3, 0.4) is 0 Å². The third-order valence-corrected chi connectivity index (χ3v) is 4.84. The van der Waals surface area contributed by atoms with Crippen LogP contribution in [0.5, 0.6) is 0 Å². The molecule has 0 aliphatic heterocycles. The Morgan fingerprint density at radius 2 is 1.62 bits per heavy atom. The molecule has 0 rings (SSSR count). The first-order chi connectivity index (χ1) is 11.7. The number of carbonyl (C=O) groups is 2. The maximum Gasteiger partial charge on any atom is 0.223 e. The van der Waals surface area contributed by atoms with E-state index in [9.17, 15) is 9.59 Å². The van der Waals surface area contributed by atoms with Crippen LogP contribution in [-0.4, -0.2) is 29.1 Å². The molecule has 0 aromatic heterocycles. The van der Waals surface area contributed by atoms with Crippen molar-refractivity contribution in [1.82, 2.24) is 10.6 Å². The first-order valence-electron chi connectivity index (χ1n) is 9.59. The molecule has 4 nitrogen and oxygen atoms in total. The zero-order valence-electron chi connectivity index (χ0n) is 18.0. The summed E-state index contributed by atoms with van der Waals surface area (Å²) in [5.74, 6) is 0.731. The summed E-state index contributed by atoms with van der Waals surface area (Å²) in [7, 11) is 0. The number of rotatable bonds is 11. The van der Waals surface area contributed by atoms with Crippen molar-refractivity contribution in [2.75, 3.05) is 5.75 Å². The van der Waals surface area contributed by atoms with Crippen LogP contribution in [0.25, 0.3) is 0 Å². The monoisotopic (exact) mass is 384 g/mol. The fourth-order valence-corrected chi connectivity index (χ4v) is 3.72. The SMILES string of the molecule is C=C(C)C(CC(C)(C)CC(C)(C)NC(=O)C(C)CCS)NC(=O)C(C)C. The zero-order valence-corrected chi connectivity index (χ0v) is 18.9. The van der Waals surface area contributed by atoms with Crippen LogP contribution in [0, 0.1) is 17.3 Å². The Balaban J connectivity index is 4.98. The van der Waals surface area contributed by atoms with Crippen molar-refractivity contribution in [3.63, 3.8) is 0 Å². The van der Waals surface area contributed by atoms with E-state index in [0.29, 0.717) is 5.75 Å². The van der Waals surface area contributed by atoms with Crippen molar-refractivity contribution in [3.05, 3.63) is 12.2 Å². The molecule has 0 radical (unpaired) electrons. The van der Waals surface area contributed by atoms with E-state index in [1.807, 2.05) is 27.7 Å². The Morgan fingerprint density at radius 3 is 2.04 bits per heavy atom. The molecular formula is C21H40N2O2S. The first-order valence-corrected chi connectivity index (χ1v) is 10.2. The summed E-state index contributed by atoms with van der Waals surface area (Å²) in [6.45, 7) is 20.2. The highest BCUT2D eigenvalue weighted by molar-refractivity contribution is 7.80. The maximum absolute atomic E-state index is 12.4. The highest BCUT2D eigenvalue weighted by Gasteiger charge is 2.33. The lowest BCUT2D eigenvalue weighted by atomic mass is 9.74. The third-order valence-electron chi connectivity index (χ3n) is 4.58. The van der Waals surface area contributed by atoms with E-state index in [1.165, 1.54) is 0 Å². The summed E-state index contributed by atoms with van der Waals surface area (Å²) in [5, 5.41) is 6.27. The minimum absolute atomic E-state index is 0.0385. The second kappa shape index (κ2) is 10.4. The van der Waals surface area contributed by atoms with Gasteiger partial charge in [-0.1, -0.05) is 46.8 Å². The standard InChI is InChI=1S/C21H40N2O2S/c1-14(2)17(22-18(24)15(3)4)12-20(6,7)13-21(8,9)23-19(25)16(5)10-11-26/h15-17,26H,1,10-13H2,2-9H3,(H,22,24)(H,23,25). The molecule has 2 N–H and O–H groups in total. The molecule has 0 spiro atoms. The molecule has 0 heterocycles. The summed E-state index contributed by atoms with van der Waals surface area (Å²) in [6, 6.07) is -0.0606. The minimum Gasteiger partial charge on any atom is -0.351 e. The molecule has 0 bridgehead atoms. The van der Waals surface area contributed by atoms with E-state index >= 15 is 0 Å². The number of hydrogen-bond acceptors (Lipinski definition) is 3. The van der Waals surface area contributed by atoms with Gasteiger partial charge in [-0.3, -0.25) is 9.59 Å². The van der Waals surface area contributed by atoms with Crippen LogP contribution in [0.1, 0.15) is 74.7 Å². The summed E-state index contributed by atoms with van der Waals surface area (Å²) in [6.07, 6.45) is 2.36. The van der Waals surface area contributed by atoms with Gasteiger partial charge in [-0.25, -0.2) is 0 Å². The van der Waals surface area contributed by atoms with Gasteiger partial charge in [0.15, 0.2) is 0 Å². The smallest absolute Gasteiger partial charge is 0.223 e. The molecule has 0 aliphatic carbocycles. The van der Waals surface area contributed by atoms with Crippen LogP contribution in [-0.2, 0) is 9.59 Å². The average Bonchev–Trinajstić information content (AvgIpc) is 2.44. The molecule has 0 saturated heterocycles. The Labute approximate surface area is 166 Å². The van der Waals surface area contributed by atoms with Crippen molar-refractivity contribution >= 4 is 24.4 Å². The van der Waals surface area contributed by atoms with Gasteiger partial charge in [0, 0.05) is 23.4 Å². The lowest BCUT2D eigenvalue weighted by molar-refractivity contribution is -0.126. The van der Waals surface area contributed by atoms with E-state index in [4.69, 9.17) is 0 Å². The number of carbonyl (C=O) groups excluding carboxylic acids is 2. The maximum atomic E-state index is 12.4. The summed E-state index contributed by atoms with van der Waals surface area (Å²) >= 11 is 4.21. The summed E-state index contributed by atoms with van der Waals surface area (Å²) in [4.78, 5) is 24.5. The van der Waals surface area contributed by atoms with Gasteiger partial charge in [-0.05, 0) is 51.2 Å². The van der Waals surface area contributed by atoms with Gasteiger partial charge in [0.05, 0.1) is 0 Å². The van der Waals surface area contributed by atoms with Crippen molar-refractivity contribution in [2.24, 2.45) is 17.3 Å². The van der Waals surface area contributed by atoms with Gasteiger partial charge in [-0.2, -0.15) is 12.6 Å². The van der Waals surface area contributed by atoms with Gasteiger partial charge in [-0.15, -0.1) is 0 Å². The Kier molecular flexibility index (Phi) is 10.00. The Morgan fingerprint density at radius 1 is 1.08 bits per heavy atom. The lowest BCUT2D eigenvalue weighted by Gasteiger charge is -2.38. The molecule has 2 amide bonds. The third kappa shape index (κ3) is 9.65. The Bertz CT molecular complexity index is 498. The molecule has 0 saturated carbocycles. The van der Waals surface area contributed by atoms with Crippen molar-refractivity contribution in [3.8, 4) is 0 Å². The second-order valence-electron chi connectivity index (χ2n) is 9.39. The van der Waals surface area contributed by atoms with Gasteiger partial charge in [0.1, 0.15) is 0 Å². The highest BCUT2D eigenvalue weighted by Crippen LogP contribution is 2.34. The molecule has 2 unspecified atom stereocenters. The van der Waals surface area contributed by atoms with Crippen LogP contribution >= 0.6 is 12.6 Å². The zero-order chi connectivity index (χ0) is 20.7. The number of nitrogens with one attached hydrogen (secondary N) is 2. The normalized spacial score (nSPS) is 14.7. The molecule has 152 valence electrons. The van der Waals surface area contributed by atoms with Crippen molar-refractivity contribution < 1.29 is 9.59 Å². The van der Waals surface area contributed by atoms with E-state index in [1.54, 1.807) is 0 Å². The fraction of sp³-hybridized carbons (Fsp3) is 0.810. The molecule has 2 atom stereocenters. The molecular weight excluding hydrogens is 344 g/mol. The number of amides is 2. The number of thiol groups is 1. The van der Waals surface area contributed by atoms with Crippen molar-refractivity contribution in [1.29, 1.82) is 0 Å². The largest absolute Gasteiger partial charge is 0.351 e. The molecule has 5 heteroatoms. The van der Waals surface area contributed by atoms with E-state index in [2.05, 4.69) is 57.5 Å². The molecule has 0 aromatic carbocycles. The minimum atomic E-state index is -0.326. The first kappa shape index (κ1) is 25.0. The van der Waals surface area contributed by atoms with Crippen LogP contribution < -0.4 is 10.6 Å². The van der Waals surface area contributed by atoms with Gasteiger partial charge < -0.3 is 10.6 Å². The molecule has 0 fully saturated rings. The van der Waals surface area contributed by atoms with Gasteiger partial charge in [0.25, 0.3) is 0 Å². The fourth-order valence-electron chi connectivity index (χ4n) is 3.33. The predicted octanol–water partition coefficient (Wildman–Crippen LogP) is 4.36. The summed E-state index contributed by atoms with van der Waals surface area (Å²) in [5.41, 5.74) is 0.557. The molecule has 0 aromatic rings. The van der Waals surface area contributed by atoms with Crippen molar-refractivity contribution in [2.45, 2.75) is 86.2 Å². The topological polar surface area (TPSA) is 58.2 Å². The second-order valence-corrected chi connectivity index (χ2v) is 9.84. The van der Waals surface area contributed by atoms with Crippen LogP contribution in [0.15, 0.2) is 12.2 Å². The Hall–Kier alpha value is -0.970. The highest BCUT2D eigenvalue weighted by atomic mass is 32.1. The van der Waals surface area contributed by atoms with E-state index in [-0.39, 0.29) is 40.6 Å². The molecule has 0 aliphatic rings. The predicted molar refractivity (Wildman–Crippen MR) is 114 cm³/mol. The summed E-state index contributed by atoms with van der Waals surface area (Å²) < 4.78 is 0. The molecule has 26 heavy (non-hydrogen) atoms. The van der Waals surface area contributed by atoms with E-state index < -0.39 is 0 Å². The quantitative estimate of drug-likeness (QED) is 0.366. The average molecular weight is 385 g/mol. The van der Waals surface area contributed by atoms with Gasteiger partial charge in [0.2, 0.25) is 11.8 Å².